The molecule has 20 heavy (non-hydrogen) atoms. The number of carbonyl (C=O) groups excluding carboxylic acids is 1. The van der Waals surface area contributed by atoms with E-state index >= 15 is 0 Å². The van der Waals surface area contributed by atoms with Crippen LogP contribution in [0, 0.1) is 5.92 Å². The van der Waals surface area contributed by atoms with E-state index in [0.29, 0.717) is 6.61 Å². The minimum atomic E-state index is -0.488. The van der Waals surface area contributed by atoms with Crippen molar-refractivity contribution in [2.45, 2.75) is 50.2 Å². The van der Waals surface area contributed by atoms with Gasteiger partial charge in [0.05, 0.1) is 11.6 Å². The predicted octanol–water partition coefficient (Wildman–Crippen LogP) is 2.99. The van der Waals surface area contributed by atoms with Crippen molar-refractivity contribution < 1.29 is 9.53 Å². The molecule has 1 aliphatic carbocycles. The van der Waals surface area contributed by atoms with Crippen LogP contribution in [-0.2, 0) is 9.53 Å². The third-order valence-electron chi connectivity index (χ3n) is 4.88. The highest BCUT2D eigenvalue weighted by atomic mass is 16.5. The number of carbonyl (C=O) groups is 1. The standard InChI is InChI=1S/C17H23NO2/c18-15(13-6-2-1-3-7-13)16(19)14-8-11-20-17(12-14)9-4-5-10-17/h1-3,6-7,14-15H,4-5,8-12,18H2. The average molecular weight is 273 g/mol. The summed E-state index contributed by atoms with van der Waals surface area (Å²) in [6.45, 7) is 0.706. The van der Waals surface area contributed by atoms with Crippen LogP contribution in [0.2, 0.25) is 0 Å². The first-order valence-electron chi connectivity index (χ1n) is 7.68. The van der Waals surface area contributed by atoms with Gasteiger partial charge in [0.1, 0.15) is 0 Å². The minimum Gasteiger partial charge on any atom is -0.375 e. The fraction of sp³-hybridized carbons (Fsp3) is 0.588. The van der Waals surface area contributed by atoms with Crippen LogP contribution in [0.5, 0.6) is 0 Å². The number of Topliss-reactive ketones (excluding diaryl/α,β-unsaturated/α-hetero) is 1. The Hall–Kier alpha value is -1.19. The van der Waals surface area contributed by atoms with Crippen molar-refractivity contribution in [3.63, 3.8) is 0 Å². The zero-order valence-corrected chi connectivity index (χ0v) is 11.9. The highest BCUT2D eigenvalue weighted by molar-refractivity contribution is 5.87. The van der Waals surface area contributed by atoms with Crippen LogP contribution >= 0.6 is 0 Å². The lowest BCUT2D eigenvalue weighted by molar-refractivity contribution is -0.137. The number of ether oxygens (including phenoxy) is 1. The summed E-state index contributed by atoms with van der Waals surface area (Å²) < 4.78 is 6.00. The summed E-state index contributed by atoms with van der Waals surface area (Å²) in [5.74, 6) is 0.253. The molecule has 108 valence electrons. The van der Waals surface area contributed by atoms with E-state index in [-0.39, 0.29) is 17.3 Å². The Kier molecular flexibility index (Phi) is 3.90. The summed E-state index contributed by atoms with van der Waals surface area (Å²) in [6.07, 6.45) is 6.36. The fourth-order valence-electron chi connectivity index (χ4n) is 3.72. The first-order valence-corrected chi connectivity index (χ1v) is 7.68. The Balaban J connectivity index is 1.70. The second-order valence-corrected chi connectivity index (χ2v) is 6.22. The molecule has 0 radical (unpaired) electrons. The van der Waals surface area contributed by atoms with Gasteiger partial charge in [-0.3, -0.25) is 4.79 Å². The van der Waals surface area contributed by atoms with E-state index in [0.717, 1.165) is 31.2 Å². The van der Waals surface area contributed by atoms with Gasteiger partial charge >= 0.3 is 0 Å². The van der Waals surface area contributed by atoms with E-state index in [4.69, 9.17) is 10.5 Å². The molecule has 1 heterocycles. The Morgan fingerprint density at radius 2 is 1.95 bits per heavy atom. The maximum atomic E-state index is 12.7. The Labute approximate surface area is 120 Å². The van der Waals surface area contributed by atoms with Crippen molar-refractivity contribution in [1.82, 2.24) is 0 Å². The third-order valence-corrected chi connectivity index (χ3v) is 4.88. The zero-order valence-electron chi connectivity index (χ0n) is 11.9. The molecule has 0 amide bonds. The van der Waals surface area contributed by atoms with Gasteiger partial charge in [0.15, 0.2) is 5.78 Å². The fourth-order valence-corrected chi connectivity index (χ4v) is 3.72. The number of ketones is 1. The van der Waals surface area contributed by atoms with Crippen molar-refractivity contribution in [3.05, 3.63) is 35.9 Å². The summed E-state index contributed by atoms with van der Waals surface area (Å²) in [5.41, 5.74) is 7.07. The molecular weight excluding hydrogens is 250 g/mol. The van der Waals surface area contributed by atoms with Crippen molar-refractivity contribution >= 4 is 5.78 Å². The Morgan fingerprint density at radius 3 is 2.65 bits per heavy atom. The van der Waals surface area contributed by atoms with Crippen molar-refractivity contribution in [3.8, 4) is 0 Å². The summed E-state index contributed by atoms with van der Waals surface area (Å²) in [5, 5.41) is 0. The summed E-state index contributed by atoms with van der Waals surface area (Å²) >= 11 is 0. The molecule has 2 atom stereocenters. The van der Waals surface area contributed by atoms with Crippen LogP contribution in [-0.4, -0.2) is 18.0 Å². The lowest BCUT2D eigenvalue weighted by Gasteiger charge is -2.38. The number of rotatable bonds is 3. The van der Waals surface area contributed by atoms with Crippen LogP contribution in [0.3, 0.4) is 0 Å². The van der Waals surface area contributed by atoms with Gasteiger partial charge in [0, 0.05) is 12.5 Å². The quantitative estimate of drug-likeness (QED) is 0.921. The topological polar surface area (TPSA) is 52.3 Å². The third kappa shape index (κ3) is 2.65. The summed E-state index contributed by atoms with van der Waals surface area (Å²) in [6, 6.07) is 9.21. The molecule has 1 aromatic carbocycles. The van der Waals surface area contributed by atoms with Gasteiger partial charge in [-0.2, -0.15) is 0 Å². The Bertz CT molecular complexity index is 465. The molecule has 1 aliphatic heterocycles. The highest BCUT2D eigenvalue weighted by Crippen LogP contribution is 2.42. The lowest BCUT2D eigenvalue weighted by Crippen LogP contribution is -2.42. The van der Waals surface area contributed by atoms with Gasteiger partial charge in [-0.25, -0.2) is 0 Å². The van der Waals surface area contributed by atoms with Gasteiger partial charge in [-0.1, -0.05) is 43.2 Å². The van der Waals surface area contributed by atoms with Crippen LogP contribution in [0.25, 0.3) is 0 Å². The molecule has 2 N–H and O–H groups in total. The van der Waals surface area contributed by atoms with E-state index in [1.54, 1.807) is 0 Å². The molecule has 0 aromatic heterocycles. The SMILES string of the molecule is NC(C(=O)C1CCOC2(CCCC2)C1)c1ccccc1. The van der Waals surface area contributed by atoms with Crippen molar-refractivity contribution in [1.29, 1.82) is 0 Å². The van der Waals surface area contributed by atoms with E-state index in [9.17, 15) is 4.79 Å². The molecule has 2 fully saturated rings. The molecule has 2 unspecified atom stereocenters. The van der Waals surface area contributed by atoms with E-state index in [2.05, 4.69) is 0 Å². The van der Waals surface area contributed by atoms with Crippen LogP contribution in [0.1, 0.15) is 50.1 Å². The molecule has 0 bridgehead atoms. The first-order chi connectivity index (χ1) is 9.70. The minimum absolute atomic E-state index is 0.0189. The van der Waals surface area contributed by atoms with Gasteiger partial charge in [-0.15, -0.1) is 0 Å². The number of hydrogen-bond donors (Lipinski definition) is 1. The highest BCUT2D eigenvalue weighted by Gasteiger charge is 2.42. The van der Waals surface area contributed by atoms with E-state index < -0.39 is 6.04 Å². The normalized spacial score (nSPS) is 26.6. The maximum absolute atomic E-state index is 12.7. The maximum Gasteiger partial charge on any atom is 0.157 e. The molecule has 1 spiro atoms. The summed E-state index contributed by atoms with van der Waals surface area (Å²) in [7, 11) is 0. The monoisotopic (exact) mass is 273 g/mol. The molecule has 1 saturated carbocycles. The van der Waals surface area contributed by atoms with Crippen LogP contribution < -0.4 is 5.73 Å². The molecule has 3 heteroatoms. The predicted molar refractivity (Wildman–Crippen MR) is 78.3 cm³/mol. The second-order valence-electron chi connectivity index (χ2n) is 6.22. The molecule has 3 rings (SSSR count). The van der Waals surface area contributed by atoms with Gasteiger partial charge < -0.3 is 10.5 Å². The first kappa shape index (κ1) is 13.8. The van der Waals surface area contributed by atoms with Gasteiger partial charge in [0.25, 0.3) is 0 Å². The average Bonchev–Trinajstić information content (AvgIpc) is 2.94. The van der Waals surface area contributed by atoms with Gasteiger partial charge in [0.2, 0.25) is 0 Å². The number of nitrogens with two attached hydrogens (primary N) is 1. The smallest absolute Gasteiger partial charge is 0.157 e. The van der Waals surface area contributed by atoms with Gasteiger partial charge in [-0.05, 0) is 31.2 Å². The molecule has 3 nitrogen and oxygen atoms in total. The molecule has 1 aromatic rings. The second kappa shape index (κ2) is 5.66. The molecule has 1 saturated heterocycles. The number of benzene rings is 1. The largest absolute Gasteiger partial charge is 0.375 e. The molecular formula is C17H23NO2. The van der Waals surface area contributed by atoms with Crippen LogP contribution in [0.15, 0.2) is 30.3 Å². The number of hydrogen-bond acceptors (Lipinski definition) is 3. The van der Waals surface area contributed by atoms with Crippen molar-refractivity contribution in [2.75, 3.05) is 6.61 Å². The molecule has 2 aliphatic rings. The Morgan fingerprint density at radius 1 is 1.25 bits per heavy atom. The zero-order chi connectivity index (χ0) is 14.0. The van der Waals surface area contributed by atoms with Crippen LogP contribution in [0.4, 0.5) is 0 Å². The van der Waals surface area contributed by atoms with Crippen molar-refractivity contribution in [2.24, 2.45) is 11.7 Å². The van der Waals surface area contributed by atoms with E-state index in [1.165, 1.54) is 12.8 Å². The summed E-state index contributed by atoms with van der Waals surface area (Å²) in [4.78, 5) is 12.7. The van der Waals surface area contributed by atoms with E-state index in [1.807, 2.05) is 30.3 Å². The lowest BCUT2D eigenvalue weighted by atomic mass is 9.80.